The highest BCUT2D eigenvalue weighted by Crippen LogP contribution is 2.50. The van der Waals surface area contributed by atoms with E-state index in [1.807, 2.05) is 4.68 Å². The van der Waals surface area contributed by atoms with Gasteiger partial charge in [0.15, 0.2) is 0 Å². The Morgan fingerprint density at radius 2 is 2.28 bits per heavy atom. The lowest BCUT2D eigenvalue weighted by Gasteiger charge is -2.45. The third-order valence-corrected chi connectivity index (χ3v) is 6.97. The van der Waals surface area contributed by atoms with Crippen LogP contribution in [-0.2, 0) is 23.3 Å². The zero-order valence-electron chi connectivity index (χ0n) is 14.3. The lowest BCUT2D eigenvalue weighted by atomic mass is 9.79. The zero-order chi connectivity index (χ0) is 17.0. The molecule has 2 aromatic rings. The summed E-state index contributed by atoms with van der Waals surface area (Å²) < 4.78 is 15.0. The van der Waals surface area contributed by atoms with Crippen LogP contribution in [0.1, 0.15) is 48.4 Å². The summed E-state index contributed by atoms with van der Waals surface area (Å²) in [5, 5.41) is 8.51. The van der Waals surface area contributed by atoms with Crippen molar-refractivity contribution in [3.8, 4) is 5.88 Å². The highest BCUT2D eigenvalue weighted by molar-refractivity contribution is 7.16. The van der Waals surface area contributed by atoms with Crippen LogP contribution in [0.25, 0.3) is 0 Å². The number of fused-ring (bicyclic) bond motifs is 3. The Kier molecular flexibility index (Phi) is 3.85. The Morgan fingerprint density at radius 1 is 1.36 bits per heavy atom. The fourth-order valence-corrected chi connectivity index (χ4v) is 5.97. The number of piperidine rings is 1. The molecule has 1 saturated heterocycles. The summed E-state index contributed by atoms with van der Waals surface area (Å²) in [6.45, 7) is 4.71. The molecule has 3 atom stereocenters. The fraction of sp³-hybridized carbons (Fsp3) is 0.611. The molecule has 0 radical (unpaired) electrons. The molecule has 0 saturated carbocycles. The second-order valence-corrected chi connectivity index (χ2v) is 9.04. The van der Waals surface area contributed by atoms with Crippen molar-refractivity contribution in [2.75, 3.05) is 13.2 Å². The Hall–Kier alpha value is -1.08. The van der Waals surface area contributed by atoms with Crippen molar-refractivity contribution in [1.29, 1.82) is 0 Å². The lowest BCUT2D eigenvalue weighted by Crippen LogP contribution is -2.49. The average molecular weight is 380 g/mol. The summed E-state index contributed by atoms with van der Waals surface area (Å²) in [5.74, 6) is 0.889. The van der Waals surface area contributed by atoms with E-state index >= 15 is 0 Å². The van der Waals surface area contributed by atoms with Crippen molar-refractivity contribution in [3.63, 3.8) is 0 Å². The number of aryl methyl sites for hydroxylation is 1. The van der Waals surface area contributed by atoms with Gasteiger partial charge in [0, 0.05) is 36.4 Å². The Labute approximate surface area is 156 Å². The van der Waals surface area contributed by atoms with Gasteiger partial charge in [-0.3, -0.25) is 0 Å². The van der Waals surface area contributed by atoms with E-state index in [9.17, 15) is 0 Å². The van der Waals surface area contributed by atoms with Crippen molar-refractivity contribution >= 4 is 22.9 Å². The number of nitrogens with zero attached hydrogens (tertiary/aromatic N) is 2. The molecule has 25 heavy (non-hydrogen) atoms. The SMILES string of the molecule is CC1CC2(CC(c3cc4n(n3)CCCO4)N1)OCCc1cc(Cl)sc12. The molecule has 3 aliphatic rings. The van der Waals surface area contributed by atoms with Crippen LogP contribution in [0, 0.1) is 0 Å². The predicted octanol–water partition coefficient (Wildman–Crippen LogP) is 3.66. The van der Waals surface area contributed by atoms with Crippen molar-refractivity contribution in [1.82, 2.24) is 15.1 Å². The number of ether oxygens (including phenoxy) is 2. The van der Waals surface area contributed by atoms with E-state index in [-0.39, 0.29) is 11.6 Å². The maximum atomic E-state index is 6.42. The van der Waals surface area contributed by atoms with Crippen LogP contribution in [0.3, 0.4) is 0 Å². The van der Waals surface area contributed by atoms with E-state index in [1.165, 1.54) is 10.4 Å². The van der Waals surface area contributed by atoms with Gasteiger partial charge < -0.3 is 14.8 Å². The molecule has 0 aromatic carbocycles. The molecule has 1 N–H and O–H groups in total. The molecule has 3 unspecified atom stereocenters. The molecular weight excluding hydrogens is 358 g/mol. The van der Waals surface area contributed by atoms with Gasteiger partial charge in [0.1, 0.15) is 5.60 Å². The van der Waals surface area contributed by atoms with Crippen LogP contribution in [0.15, 0.2) is 12.1 Å². The van der Waals surface area contributed by atoms with E-state index < -0.39 is 0 Å². The molecule has 5 rings (SSSR count). The molecule has 1 fully saturated rings. The molecule has 134 valence electrons. The van der Waals surface area contributed by atoms with Gasteiger partial charge in [-0.2, -0.15) is 5.10 Å². The second kappa shape index (κ2) is 5.98. The van der Waals surface area contributed by atoms with Crippen molar-refractivity contribution < 1.29 is 9.47 Å². The van der Waals surface area contributed by atoms with Crippen LogP contribution in [0.2, 0.25) is 4.34 Å². The van der Waals surface area contributed by atoms with Gasteiger partial charge in [-0.05, 0) is 31.4 Å². The van der Waals surface area contributed by atoms with Gasteiger partial charge in [0.05, 0.1) is 29.3 Å². The standard InChI is InChI=1S/C18H22ClN3O2S/c1-11-9-18(17-12(3-6-24-18)7-15(19)25-17)10-14(20-11)13-8-16-22(21-13)4-2-5-23-16/h7-8,11,14,20H,2-6,9-10H2,1H3. The van der Waals surface area contributed by atoms with E-state index in [0.717, 1.165) is 61.4 Å². The average Bonchev–Trinajstić information content (AvgIpc) is 3.18. The van der Waals surface area contributed by atoms with Gasteiger partial charge in [0.2, 0.25) is 5.88 Å². The summed E-state index contributed by atoms with van der Waals surface area (Å²) in [6.07, 6.45) is 3.83. The maximum absolute atomic E-state index is 6.42. The minimum atomic E-state index is -0.244. The summed E-state index contributed by atoms with van der Waals surface area (Å²) in [4.78, 5) is 1.32. The van der Waals surface area contributed by atoms with Crippen LogP contribution in [0.5, 0.6) is 5.88 Å². The van der Waals surface area contributed by atoms with Gasteiger partial charge in [0.25, 0.3) is 0 Å². The van der Waals surface area contributed by atoms with E-state index in [1.54, 1.807) is 11.3 Å². The minimum absolute atomic E-state index is 0.164. The first-order valence-electron chi connectivity index (χ1n) is 9.02. The number of nitrogens with one attached hydrogen (secondary N) is 1. The van der Waals surface area contributed by atoms with E-state index in [4.69, 9.17) is 26.2 Å². The number of hydrogen-bond donors (Lipinski definition) is 1. The zero-order valence-corrected chi connectivity index (χ0v) is 15.8. The highest BCUT2D eigenvalue weighted by Gasteiger charge is 2.46. The Bertz CT molecular complexity index is 781. The number of halogens is 1. The van der Waals surface area contributed by atoms with Crippen molar-refractivity contribution in [2.24, 2.45) is 0 Å². The molecule has 0 aliphatic carbocycles. The van der Waals surface area contributed by atoms with Crippen molar-refractivity contribution in [3.05, 3.63) is 32.6 Å². The van der Waals surface area contributed by atoms with Crippen LogP contribution in [0.4, 0.5) is 0 Å². The molecule has 7 heteroatoms. The van der Waals surface area contributed by atoms with Gasteiger partial charge in [-0.1, -0.05) is 11.6 Å². The number of hydrogen-bond acceptors (Lipinski definition) is 5. The first kappa shape index (κ1) is 16.1. The summed E-state index contributed by atoms with van der Waals surface area (Å²) >= 11 is 8.01. The topological polar surface area (TPSA) is 48.3 Å². The first-order chi connectivity index (χ1) is 12.1. The summed E-state index contributed by atoms with van der Waals surface area (Å²) in [6, 6.07) is 4.73. The van der Waals surface area contributed by atoms with E-state index in [2.05, 4.69) is 24.4 Å². The molecular formula is C18H22ClN3O2S. The normalized spacial score (nSPS) is 31.4. The third-order valence-electron chi connectivity index (χ3n) is 5.48. The van der Waals surface area contributed by atoms with Crippen molar-refractivity contribution in [2.45, 2.75) is 56.8 Å². The molecule has 5 nitrogen and oxygen atoms in total. The van der Waals surface area contributed by atoms with Crippen LogP contribution < -0.4 is 10.1 Å². The second-order valence-electron chi connectivity index (χ2n) is 7.36. The fourth-order valence-electron chi connectivity index (χ4n) is 4.51. The predicted molar refractivity (Wildman–Crippen MR) is 97.6 cm³/mol. The maximum Gasteiger partial charge on any atom is 0.212 e. The first-order valence-corrected chi connectivity index (χ1v) is 10.2. The molecule has 5 heterocycles. The highest BCUT2D eigenvalue weighted by atomic mass is 35.5. The lowest BCUT2D eigenvalue weighted by molar-refractivity contribution is -0.0958. The molecule has 1 spiro atoms. The van der Waals surface area contributed by atoms with Gasteiger partial charge in [-0.25, -0.2) is 4.68 Å². The monoisotopic (exact) mass is 379 g/mol. The number of rotatable bonds is 1. The van der Waals surface area contributed by atoms with Crippen LogP contribution >= 0.6 is 22.9 Å². The Morgan fingerprint density at radius 3 is 3.16 bits per heavy atom. The van der Waals surface area contributed by atoms with Crippen LogP contribution in [-0.4, -0.2) is 29.0 Å². The number of aromatic nitrogens is 2. The van der Waals surface area contributed by atoms with E-state index in [0.29, 0.717) is 6.04 Å². The van der Waals surface area contributed by atoms with Gasteiger partial charge in [-0.15, -0.1) is 11.3 Å². The quantitative estimate of drug-likeness (QED) is 0.821. The molecule has 0 amide bonds. The Balaban J connectivity index is 1.50. The smallest absolute Gasteiger partial charge is 0.212 e. The molecule has 3 aliphatic heterocycles. The third kappa shape index (κ3) is 2.70. The molecule has 0 bridgehead atoms. The largest absolute Gasteiger partial charge is 0.478 e. The summed E-state index contributed by atoms with van der Waals surface area (Å²) in [7, 11) is 0. The number of thiophene rings is 1. The van der Waals surface area contributed by atoms with Gasteiger partial charge >= 0.3 is 0 Å². The summed E-state index contributed by atoms with van der Waals surface area (Å²) in [5.41, 5.74) is 2.17. The molecule has 2 aromatic heterocycles. The minimum Gasteiger partial charge on any atom is -0.478 e.